The van der Waals surface area contributed by atoms with Crippen molar-refractivity contribution >= 4 is 52.5 Å². The summed E-state index contributed by atoms with van der Waals surface area (Å²) in [6.07, 6.45) is 7.19. The number of carbonyl (C=O) groups excluding carboxylic acids is 5. The van der Waals surface area contributed by atoms with Crippen LogP contribution in [0.25, 0.3) is 0 Å². The van der Waals surface area contributed by atoms with Gasteiger partial charge in [0.2, 0.25) is 11.8 Å². The van der Waals surface area contributed by atoms with Gasteiger partial charge >= 0.3 is 0 Å². The lowest BCUT2D eigenvalue weighted by Crippen LogP contribution is -2.54. The Bertz CT molecular complexity index is 2180. The first kappa shape index (κ1) is 38.0. The SMILES string of the molecule is N#Cc1ncc(OC2CC3CCC(C2)N3C(=O)c2ccc(N3CCN(CC4CCN(c5ccc6c(c5)C(=O)N(C5CCC(=O)NC5=O)C6=O)CC4)CC3)cc2)cc1Cl. The Labute approximate surface area is 341 Å². The summed E-state index contributed by atoms with van der Waals surface area (Å²) in [6.45, 7) is 6.52. The molecule has 9 rings (SSSR count). The maximum absolute atomic E-state index is 13.8. The lowest BCUT2D eigenvalue weighted by Gasteiger charge is -2.40. The van der Waals surface area contributed by atoms with Crippen LogP contribution in [0.3, 0.4) is 0 Å². The van der Waals surface area contributed by atoms with Crippen LogP contribution in [0, 0.1) is 17.2 Å². The summed E-state index contributed by atoms with van der Waals surface area (Å²) in [5.41, 5.74) is 3.53. The van der Waals surface area contributed by atoms with Crippen LogP contribution in [0.5, 0.6) is 5.75 Å². The fourth-order valence-corrected chi connectivity index (χ4v) is 10.1. The molecule has 3 aromatic rings. The van der Waals surface area contributed by atoms with Gasteiger partial charge < -0.3 is 19.4 Å². The molecule has 2 bridgehead atoms. The third-order valence-electron chi connectivity index (χ3n) is 12.9. The van der Waals surface area contributed by atoms with Crippen molar-refractivity contribution in [2.24, 2.45) is 5.92 Å². The molecule has 0 saturated carbocycles. The standard InChI is InChI=1S/C43H45ClN8O6/c44-36-22-33(24-46-37(36)23-45)58-32-19-30-5-6-31(20-32)51(30)41(55)27-1-3-28(4-2-27)50-17-15-48(16-18-50)25-26-11-13-49(14-12-26)29-7-8-34-35(21-29)43(57)52(42(34)56)38-9-10-39(53)47-40(38)54/h1-4,7-8,21-22,24,26,30-32,38H,5-6,9-20,25H2,(H,47,53,54). The average molecular weight is 805 g/mol. The maximum Gasteiger partial charge on any atom is 0.262 e. The van der Waals surface area contributed by atoms with Gasteiger partial charge in [0.1, 0.15) is 24.0 Å². The molecule has 300 valence electrons. The highest BCUT2D eigenvalue weighted by atomic mass is 35.5. The minimum absolute atomic E-state index is 0.0401. The van der Waals surface area contributed by atoms with Crippen molar-refractivity contribution in [3.8, 4) is 11.8 Å². The molecule has 1 N–H and O–H groups in total. The van der Waals surface area contributed by atoms with Crippen molar-refractivity contribution in [3.05, 3.63) is 82.1 Å². The highest BCUT2D eigenvalue weighted by molar-refractivity contribution is 6.31. The van der Waals surface area contributed by atoms with Gasteiger partial charge in [-0.25, -0.2) is 4.98 Å². The first-order valence-corrected chi connectivity index (χ1v) is 20.7. The van der Waals surface area contributed by atoms with E-state index >= 15 is 0 Å². The average Bonchev–Trinajstić information content (AvgIpc) is 3.65. The van der Waals surface area contributed by atoms with Crippen LogP contribution in [0.15, 0.2) is 54.7 Å². The Morgan fingerprint density at radius 1 is 0.828 bits per heavy atom. The van der Waals surface area contributed by atoms with Crippen molar-refractivity contribution in [2.45, 2.75) is 75.6 Å². The first-order valence-electron chi connectivity index (χ1n) is 20.4. The molecule has 14 nitrogen and oxygen atoms in total. The molecule has 0 aliphatic carbocycles. The number of piperazine rings is 1. The minimum Gasteiger partial charge on any atom is -0.489 e. The predicted octanol–water partition coefficient (Wildman–Crippen LogP) is 4.26. The van der Waals surface area contributed by atoms with Gasteiger partial charge in [-0.2, -0.15) is 5.26 Å². The third kappa shape index (κ3) is 7.26. The summed E-state index contributed by atoms with van der Waals surface area (Å²) < 4.78 is 6.20. The van der Waals surface area contributed by atoms with E-state index in [0.29, 0.717) is 28.4 Å². The lowest BCUT2D eigenvalue weighted by molar-refractivity contribution is -0.136. The molecule has 6 aliphatic heterocycles. The van der Waals surface area contributed by atoms with Crippen LogP contribution in [0.4, 0.5) is 11.4 Å². The number of hydrogen-bond acceptors (Lipinski definition) is 11. The van der Waals surface area contributed by atoms with Gasteiger partial charge in [-0.05, 0) is 80.5 Å². The number of nitriles is 1. The van der Waals surface area contributed by atoms with Crippen LogP contribution >= 0.6 is 11.6 Å². The number of nitrogens with zero attached hydrogens (tertiary/aromatic N) is 7. The zero-order valence-corrected chi connectivity index (χ0v) is 32.9. The molecule has 1 aromatic heterocycles. The van der Waals surface area contributed by atoms with Crippen LogP contribution < -0.4 is 19.9 Å². The number of benzene rings is 2. The molecule has 15 heteroatoms. The summed E-state index contributed by atoms with van der Waals surface area (Å²) in [5.74, 6) is -0.777. The zero-order chi connectivity index (χ0) is 40.1. The number of fused-ring (bicyclic) bond motifs is 3. The number of ether oxygens (including phenoxy) is 1. The topological polar surface area (TPSA) is 159 Å². The monoisotopic (exact) mass is 804 g/mol. The van der Waals surface area contributed by atoms with E-state index in [1.54, 1.807) is 18.2 Å². The fraction of sp³-hybridized carbons (Fsp3) is 0.465. The zero-order valence-electron chi connectivity index (χ0n) is 32.1. The van der Waals surface area contributed by atoms with Crippen molar-refractivity contribution in [1.29, 1.82) is 5.26 Å². The van der Waals surface area contributed by atoms with Crippen molar-refractivity contribution < 1.29 is 28.7 Å². The van der Waals surface area contributed by atoms with E-state index in [1.807, 2.05) is 24.3 Å². The minimum atomic E-state index is -0.970. The Kier molecular flexibility index (Phi) is 10.3. The first-order chi connectivity index (χ1) is 28.1. The van der Waals surface area contributed by atoms with Gasteiger partial charge in [-0.15, -0.1) is 0 Å². The fourth-order valence-electron chi connectivity index (χ4n) is 9.86. The number of halogens is 1. The third-order valence-corrected chi connectivity index (χ3v) is 13.2. The molecule has 5 saturated heterocycles. The van der Waals surface area contributed by atoms with Gasteiger partial charge in [0.25, 0.3) is 17.7 Å². The van der Waals surface area contributed by atoms with Crippen molar-refractivity contribution in [2.75, 3.05) is 55.6 Å². The lowest BCUT2D eigenvalue weighted by atomic mass is 9.95. The highest BCUT2D eigenvalue weighted by Crippen LogP contribution is 2.39. The molecule has 5 amide bonds. The van der Waals surface area contributed by atoms with E-state index < -0.39 is 29.7 Å². The molecule has 2 aromatic carbocycles. The van der Waals surface area contributed by atoms with Crippen LogP contribution in [0.1, 0.15) is 88.1 Å². The number of aromatic nitrogens is 1. The van der Waals surface area contributed by atoms with Crippen LogP contribution in [-0.2, 0) is 9.59 Å². The van der Waals surface area contributed by atoms with Gasteiger partial charge in [-0.3, -0.25) is 39.1 Å². The van der Waals surface area contributed by atoms with E-state index in [0.717, 1.165) is 101 Å². The maximum atomic E-state index is 13.8. The number of rotatable bonds is 8. The van der Waals surface area contributed by atoms with E-state index in [2.05, 4.69) is 42.0 Å². The second kappa shape index (κ2) is 15.7. The number of imide groups is 2. The number of piperidine rings is 3. The summed E-state index contributed by atoms with van der Waals surface area (Å²) in [7, 11) is 0. The molecule has 7 heterocycles. The molecular formula is C43H45ClN8O6. The summed E-state index contributed by atoms with van der Waals surface area (Å²) in [6, 6.07) is 16.3. The number of nitrogens with one attached hydrogen (secondary N) is 1. The van der Waals surface area contributed by atoms with Gasteiger partial charge in [0, 0.05) is 100 Å². The molecule has 3 unspecified atom stereocenters. The molecule has 0 radical (unpaired) electrons. The normalized spacial score (nSPS) is 25.2. The number of amides is 5. The smallest absolute Gasteiger partial charge is 0.262 e. The van der Waals surface area contributed by atoms with E-state index in [1.165, 1.54) is 6.20 Å². The second-order valence-corrected chi connectivity index (χ2v) is 16.8. The van der Waals surface area contributed by atoms with Gasteiger partial charge in [0.15, 0.2) is 5.69 Å². The van der Waals surface area contributed by atoms with Crippen LogP contribution in [0.2, 0.25) is 5.02 Å². The molecule has 58 heavy (non-hydrogen) atoms. The Morgan fingerprint density at radius 2 is 1.50 bits per heavy atom. The van der Waals surface area contributed by atoms with E-state index in [9.17, 15) is 24.0 Å². The summed E-state index contributed by atoms with van der Waals surface area (Å²) in [4.78, 5) is 78.7. The van der Waals surface area contributed by atoms with Crippen LogP contribution in [-0.4, -0.2) is 119 Å². The predicted molar refractivity (Wildman–Crippen MR) is 214 cm³/mol. The molecule has 0 spiro atoms. The summed E-state index contributed by atoms with van der Waals surface area (Å²) in [5, 5.41) is 11.6. The second-order valence-electron chi connectivity index (χ2n) is 16.4. The Morgan fingerprint density at radius 3 is 2.17 bits per heavy atom. The van der Waals surface area contributed by atoms with E-state index in [4.69, 9.17) is 21.6 Å². The number of hydrogen-bond donors (Lipinski definition) is 1. The Hall–Kier alpha value is -5.52. The molecule has 5 fully saturated rings. The van der Waals surface area contributed by atoms with Crippen molar-refractivity contribution in [3.63, 3.8) is 0 Å². The largest absolute Gasteiger partial charge is 0.489 e. The molecule has 3 atom stereocenters. The molecule has 6 aliphatic rings. The molecular weight excluding hydrogens is 760 g/mol. The van der Waals surface area contributed by atoms with Gasteiger partial charge in [0.05, 0.1) is 22.3 Å². The van der Waals surface area contributed by atoms with Crippen molar-refractivity contribution in [1.82, 2.24) is 25.0 Å². The van der Waals surface area contributed by atoms with E-state index in [-0.39, 0.29) is 47.7 Å². The summed E-state index contributed by atoms with van der Waals surface area (Å²) >= 11 is 6.16. The quantitative estimate of drug-likeness (QED) is 0.325. The highest BCUT2D eigenvalue weighted by Gasteiger charge is 2.46. The number of anilines is 2. The number of carbonyl (C=O) groups is 5. The van der Waals surface area contributed by atoms with Gasteiger partial charge in [-0.1, -0.05) is 11.6 Å². The Balaban J connectivity index is 0.730. The number of pyridine rings is 1.